The highest BCUT2D eigenvalue weighted by molar-refractivity contribution is 5.81. The van der Waals surface area contributed by atoms with E-state index in [0.29, 0.717) is 5.92 Å². The summed E-state index contributed by atoms with van der Waals surface area (Å²) in [5.41, 5.74) is 1.52. The van der Waals surface area contributed by atoms with Crippen LogP contribution in [0.1, 0.15) is 32.6 Å². The van der Waals surface area contributed by atoms with Crippen LogP contribution in [0.25, 0.3) is 11.0 Å². The van der Waals surface area contributed by atoms with E-state index in [1.165, 1.54) is 12.8 Å². The summed E-state index contributed by atoms with van der Waals surface area (Å²) >= 11 is 0. The quantitative estimate of drug-likeness (QED) is 0.943. The van der Waals surface area contributed by atoms with Crippen molar-refractivity contribution in [1.29, 1.82) is 0 Å². The van der Waals surface area contributed by atoms with Crippen LogP contribution >= 0.6 is 0 Å². The maximum absolute atomic E-state index is 12.3. The third kappa shape index (κ3) is 2.80. The molecule has 1 N–H and O–H groups in total. The standard InChI is InChI=1S/C17H23N3O2/c1-12-6-5-7-13(10-12)18-16(21)11-20-15-9-4-3-8-14(15)19(2)17(20)22/h3-4,8-9,12-13H,5-7,10-11H2,1-2H3,(H,18,21). The lowest BCUT2D eigenvalue weighted by molar-refractivity contribution is -0.122. The Kier molecular flexibility index (Phi) is 4.05. The van der Waals surface area contributed by atoms with Gasteiger partial charge in [0.05, 0.1) is 11.0 Å². The number of imidazole rings is 1. The Morgan fingerprint density at radius 2 is 2.00 bits per heavy atom. The first-order chi connectivity index (χ1) is 10.6. The van der Waals surface area contributed by atoms with Gasteiger partial charge in [-0.2, -0.15) is 0 Å². The zero-order chi connectivity index (χ0) is 15.7. The molecule has 1 aromatic heterocycles. The number of para-hydroxylation sites is 2. The number of nitrogens with zero attached hydrogens (tertiary/aromatic N) is 2. The molecule has 3 rings (SSSR count). The van der Waals surface area contributed by atoms with Crippen LogP contribution in [0, 0.1) is 5.92 Å². The maximum Gasteiger partial charge on any atom is 0.329 e. The van der Waals surface area contributed by atoms with Gasteiger partial charge in [-0.05, 0) is 30.9 Å². The second-order valence-corrected chi connectivity index (χ2v) is 6.45. The molecular weight excluding hydrogens is 278 g/mol. The smallest absolute Gasteiger partial charge is 0.329 e. The molecule has 1 aromatic carbocycles. The monoisotopic (exact) mass is 301 g/mol. The van der Waals surface area contributed by atoms with E-state index in [-0.39, 0.29) is 24.2 Å². The van der Waals surface area contributed by atoms with Crippen molar-refractivity contribution in [2.45, 2.75) is 45.2 Å². The number of amides is 1. The Balaban J connectivity index is 1.77. The van der Waals surface area contributed by atoms with Crippen LogP contribution in [-0.2, 0) is 18.4 Å². The predicted octanol–water partition coefficient (Wildman–Crippen LogP) is 2.03. The number of carbonyl (C=O) groups is 1. The Bertz CT molecular complexity index is 744. The summed E-state index contributed by atoms with van der Waals surface area (Å²) in [5.74, 6) is 0.594. The molecule has 2 unspecified atom stereocenters. The van der Waals surface area contributed by atoms with E-state index in [0.717, 1.165) is 23.9 Å². The molecule has 2 atom stereocenters. The lowest BCUT2D eigenvalue weighted by Gasteiger charge is -2.27. The number of fused-ring (bicyclic) bond motifs is 1. The predicted molar refractivity (Wildman–Crippen MR) is 86.7 cm³/mol. The minimum absolute atomic E-state index is 0.0717. The Morgan fingerprint density at radius 1 is 1.27 bits per heavy atom. The number of hydrogen-bond acceptors (Lipinski definition) is 2. The highest BCUT2D eigenvalue weighted by Gasteiger charge is 2.21. The van der Waals surface area contributed by atoms with E-state index in [4.69, 9.17) is 0 Å². The van der Waals surface area contributed by atoms with Crippen LogP contribution < -0.4 is 11.0 Å². The van der Waals surface area contributed by atoms with Gasteiger partial charge in [0.1, 0.15) is 6.54 Å². The van der Waals surface area contributed by atoms with Gasteiger partial charge in [-0.15, -0.1) is 0 Å². The molecule has 1 heterocycles. The lowest BCUT2D eigenvalue weighted by Crippen LogP contribution is -2.41. The van der Waals surface area contributed by atoms with Gasteiger partial charge in [-0.3, -0.25) is 13.9 Å². The molecule has 1 amide bonds. The summed E-state index contributed by atoms with van der Waals surface area (Å²) in [6, 6.07) is 7.82. The third-order valence-electron chi connectivity index (χ3n) is 4.65. The first-order valence-electron chi connectivity index (χ1n) is 8.00. The second-order valence-electron chi connectivity index (χ2n) is 6.45. The zero-order valence-electron chi connectivity index (χ0n) is 13.2. The fourth-order valence-corrected chi connectivity index (χ4v) is 3.50. The first kappa shape index (κ1) is 14.9. The summed E-state index contributed by atoms with van der Waals surface area (Å²) in [5, 5.41) is 3.09. The molecule has 0 aliphatic heterocycles. The minimum Gasteiger partial charge on any atom is -0.352 e. The average Bonchev–Trinajstić information content (AvgIpc) is 2.73. The molecule has 1 saturated carbocycles. The van der Waals surface area contributed by atoms with E-state index in [2.05, 4.69) is 12.2 Å². The van der Waals surface area contributed by atoms with Crippen molar-refractivity contribution in [3.05, 3.63) is 34.7 Å². The number of hydrogen-bond donors (Lipinski definition) is 1. The number of rotatable bonds is 3. The van der Waals surface area contributed by atoms with Crippen LogP contribution in [0.2, 0.25) is 0 Å². The van der Waals surface area contributed by atoms with E-state index in [1.54, 1.807) is 16.2 Å². The van der Waals surface area contributed by atoms with Gasteiger partial charge < -0.3 is 5.32 Å². The van der Waals surface area contributed by atoms with Crippen LogP contribution in [0.4, 0.5) is 0 Å². The van der Waals surface area contributed by atoms with Crippen LogP contribution in [0.5, 0.6) is 0 Å². The zero-order valence-corrected chi connectivity index (χ0v) is 13.2. The van der Waals surface area contributed by atoms with Crippen molar-refractivity contribution in [3.63, 3.8) is 0 Å². The number of aryl methyl sites for hydroxylation is 1. The molecule has 5 heteroatoms. The summed E-state index contributed by atoms with van der Waals surface area (Å²) in [6.07, 6.45) is 4.49. The van der Waals surface area contributed by atoms with Crippen LogP contribution in [-0.4, -0.2) is 21.1 Å². The molecule has 0 radical (unpaired) electrons. The normalized spacial score (nSPS) is 21.9. The molecule has 0 saturated heterocycles. The fraction of sp³-hybridized carbons (Fsp3) is 0.529. The van der Waals surface area contributed by atoms with Gasteiger partial charge >= 0.3 is 5.69 Å². The number of nitrogens with one attached hydrogen (secondary N) is 1. The summed E-state index contributed by atoms with van der Waals surface area (Å²) < 4.78 is 3.14. The highest BCUT2D eigenvalue weighted by Crippen LogP contribution is 2.23. The lowest BCUT2D eigenvalue weighted by atomic mass is 9.87. The van der Waals surface area contributed by atoms with Gasteiger partial charge in [0.15, 0.2) is 0 Å². The van der Waals surface area contributed by atoms with Gasteiger partial charge in [0.25, 0.3) is 0 Å². The topological polar surface area (TPSA) is 56.0 Å². The van der Waals surface area contributed by atoms with Gasteiger partial charge in [-0.25, -0.2) is 4.79 Å². The van der Waals surface area contributed by atoms with Crippen molar-refractivity contribution in [2.24, 2.45) is 13.0 Å². The summed E-state index contributed by atoms with van der Waals surface area (Å²) in [4.78, 5) is 24.6. The van der Waals surface area contributed by atoms with E-state index < -0.39 is 0 Å². The molecule has 2 aromatic rings. The molecule has 0 bridgehead atoms. The maximum atomic E-state index is 12.3. The van der Waals surface area contributed by atoms with E-state index in [9.17, 15) is 9.59 Å². The minimum atomic E-state index is -0.145. The molecular formula is C17H23N3O2. The van der Waals surface area contributed by atoms with Crippen molar-refractivity contribution in [1.82, 2.24) is 14.5 Å². The van der Waals surface area contributed by atoms with E-state index >= 15 is 0 Å². The molecule has 22 heavy (non-hydrogen) atoms. The van der Waals surface area contributed by atoms with Gasteiger partial charge in [0.2, 0.25) is 5.91 Å². The summed E-state index contributed by atoms with van der Waals surface area (Å²) in [6.45, 7) is 2.32. The van der Waals surface area contributed by atoms with Gasteiger partial charge in [0, 0.05) is 13.1 Å². The number of benzene rings is 1. The molecule has 1 aliphatic rings. The Hall–Kier alpha value is -2.04. The van der Waals surface area contributed by atoms with E-state index in [1.807, 2.05) is 24.3 Å². The Morgan fingerprint density at radius 3 is 2.73 bits per heavy atom. The SMILES string of the molecule is CC1CCCC(NC(=O)Cn2c(=O)n(C)c3ccccc32)C1. The summed E-state index contributed by atoms with van der Waals surface area (Å²) in [7, 11) is 1.74. The first-order valence-corrected chi connectivity index (χ1v) is 8.00. The van der Waals surface area contributed by atoms with Crippen molar-refractivity contribution in [2.75, 3.05) is 0 Å². The molecule has 118 valence electrons. The fourth-order valence-electron chi connectivity index (χ4n) is 3.50. The van der Waals surface area contributed by atoms with Crippen molar-refractivity contribution in [3.8, 4) is 0 Å². The largest absolute Gasteiger partial charge is 0.352 e. The number of aromatic nitrogens is 2. The van der Waals surface area contributed by atoms with Crippen LogP contribution in [0.15, 0.2) is 29.1 Å². The molecule has 1 aliphatic carbocycles. The third-order valence-corrected chi connectivity index (χ3v) is 4.65. The van der Waals surface area contributed by atoms with Crippen molar-refractivity contribution >= 4 is 16.9 Å². The number of carbonyl (C=O) groups excluding carboxylic acids is 1. The van der Waals surface area contributed by atoms with Crippen molar-refractivity contribution < 1.29 is 4.79 Å². The van der Waals surface area contributed by atoms with Crippen LogP contribution in [0.3, 0.4) is 0 Å². The molecule has 0 spiro atoms. The second kappa shape index (κ2) is 5.99. The molecule has 5 nitrogen and oxygen atoms in total. The van der Waals surface area contributed by atoms with Gasteiger partial charge in [-0.1, -0.05) is 31.9 Å². The molecule has 1 fully saturated rings. The Labute approximate surface area is 129 Å². The average molecular weight is 301 g/mol. The highest BCUT2D eigenvalue weighted by atomic mass is 16.2.